The highest BCUT2D eigenvalue weighted by Crippen LogP contribution is 2.40. The lowest BCUT2D eigenvalue weighted by Crippen LogP contribution is -1.96. The Bertz CT molecular complexity index is 2840. The first kappa shape index (κ1) is 28.4. The van der Waals surface area contributed by atoms with E-state index in [1.807, 2.05) is 0 Å². The van der Waals surface area contributed by atoms with Crippen molar-refractivity contribution in [2.45, 2.75) is 0 Å². The predicted octanol–water partition coefficient (Wildman–Crippen LogP) is 12.9. The average molecular weight is 637 g/mol. The van der Waals surface area contributed by atoms with Crippen LogP contribution in [0.15, 0.2) is 194 Å². The largest absolute Gasteiger partial charge is 0.309 e. The summed E-state index contributed by atoms with van der Waals surface area (Å²) in [5.74, 6) is 0. The van der Waals surface area contributed by atoms with Crippen molar-refractivity contribution < 1.29 is 0 Å². The molecule has 10 aromatic rings. The van der Waals surface area contributed by atoms with Gasteiger partial charge in [-0.1, -0.05) is 140 Å². The van der Waals surface area contributed by atoms with Crippen LogP contribution in [0, 0.1) is 0 Å². The summed E-state index contributed by atoms with van der Waals surface area (Å²) in [7, 11) is 0. The summed E-state index contributed by atoms with van der Waals surface area (Å²) >= 11 is 0. The van der Waals surface area contributed by atoms with Gasteiger partial charge in [0.05, 0.1) is 22.1 Å². The SMILES string of the molecule is c1ccc(-c2cccc(-c3ccc(-n4c5ccccc5c5cc6c7ccccc7n(-c7cccc(-c8ccccc8)c7)c6cc54)cc3)c2)cc1. The van der Waals surface area contributed by atoms with Gasteiger partial charge in [0, 0.05) is 32.9 Å². The van der Waals surface area contributed by atoms with Crippen LogP contribution in [0.1, 0.15) is 0 Å². The van der Waals surface area contributed by atoms with Crippen LogP contribution in [-0.2, 0) is 0 Å². The molecule has 0 unspecified atom stereocenters. The average Bonchev–Trinajstić information content (AvgIpc) is 3.70. The summed E-state index contributed by atoms with van der Waals surface area (Å²) in [6, 6.07) is 70.4. The Labute approximate surface area is 290 Å². The molecule has 0 bridgehead atoms. The molecule has 0 fully saturated rings. The maximum atomic E-state index is 2.43. The highest BCUT2D eigenvalue weighted by molar-refractivity contribution is 6.19. The summed E-state index contributed by atoms with van der Waals surface area (Å²) in [6.07, 6.45) is 0. The Kier molecular flexibility index (Phi) is 6.53. The van der Waals surface area contributed by atoms with Gasteiger partial charge in [0.2, 0.25) is 0 Å². The zero-order valence-corrected chi connectivity index (χ0v) is 27.4. The van der Waals surface area contributed by atoms with Gasteiger partial charge in [0.15, 0.2) is 0 Å². The number of nitrogens with zero attached hydrogens (tertiary/aromatic N) is 2. The molecule has 2 heterocycles. The van der Waals surface area contributed by atoms with Crippen molar-refractivity contribution in [3.63, 3.8) is 0 Å². The molecular weight excluding hydrogens is 605 g/mol. The fourth-order valence-corrected chi connectivity index (χ4v) is 7.75. The van der Waals surface area contributed by atoms with Gasteiger partial charge in [0.25, 0.3) is 0 Å². The van der Waals surface area contributed by atoms with Gasteiger partial charge in [-0.25, -0.2) is 0 Å². The molecule has 50 heavy (non-hydrogen) atoms. The maximum absolute atomic E-state index is 2.43. The molecule has 0 radical (unpaired) electrons. The van der Waals surface area contributed by atoms with Crippen LogP contribution < -0.4 is 0 Å². The van der Waals surface area contributed by atoms with Crippen LogP contribution in [0.25, 0.3) is 88.4 Å². The Hall–Kier alpha value is -6.64. The first-order valence-corrected chi connectivity index (χ1v) is 17.2. The third-order valence-corrected chi connectivity index (χ3v) is 10.1. The van der Waals surface area contributed by atoms with E-state index in [9.17, 15) is 0 Å². The Morgan fingerprint density at radius 3 is 1.24 bits per heavy atom. The van der Waals surface area contributed by atoms with Crippen LogP contribution in [0.2, 0.25) is 0 Å². The summed E-state index contributed by atoms with van der Waals surface area (Å²) in [5.41, 5.74) is 14.4. The predicted molar refractivity (Wildman–Crippen MR) is 211 cm³/mol. The maximum Gasteiger partial charge on any atom is 0.0562 e. The highest BCUT2D eigenvalue weighted by Gasteiger charge is 2.18. The standard InChI is InChI=1S/C48H32N2/c1-3-13-33(14-4-1)36-17-11-18-37(29-36)35-25-27-39(28-26-35)49-45-23-9-7-21-41(45)43-31-44-42-22-8-10-24-46(42)50(48(44)32-47(43)49)40-20-12-19-38(30-40)34-15-5-2-6-16-34/h1-32H. The van der Waals surface area contributed by atoms with Crippen LogP contribution in [0.5, 0.6) is 0 Å². The Morgan fingerprint density at radius 2 is 0.660 bits per heavy atom. The number of aromatic nitrogens is 2. The Morgan fingerprint density at radius 1 is 0.220 bits per heavy atom. The summed E-state index contributed by atoms with van der Waals surface area (Å²) in [5, 5.41) is 5.03. The van der Waals surface area contributed by atoms with Gasteiger partial charge in [-0.05, 0) is 88.0 Å². The van der Waals surface area contributed by atoms with E-state index in [4.69, 9.17) is 0 Å². The van der Waals surface area contributed by atoms with Crippen molar-refractivity contribution in [2.75, 3.05) is 0 Å². The van der Waals surface area contributed by atoms with E-state index in [-0.39, 0.29) is 0 Å². The summed E-state index contributed by atoms with van der Waals surface area (Å²) in [4.78, 5) is 0. The fourth-order valence-electron chi connectivity index (χ4n) is 7.75. The summed E-state index contributed by atoms with van der Waals surface area (Å²) in [6.45, 7) is 0. The Balaban J connectivity index is 1.17. The molecule has 0 amide bonds. The molecule has 2 nitrogen and oxygen atoms in total. The molecule has 0 aliphatic heterocycles. The van der Waals surface area contributed by atoms with Gasteiger partial charge in [-0.2, -0.15) is 0 Å². The second-order valence-corrected chi connectivity index (χ2v) is 13.0. The molecule has 10 rings (SSSR count). The lowest BCUT2D eigenvalue weighted by atomic mass is 9.99. The van der Waals surface area contributed by atoms with Crippen LogP contribution in [0.3, 0.4) is 0 Å². The minimum absolute atomic E-state index is 1.15. The van der Waals surface area contributed by atoms with E-state index in [0.717, 1.165) is 11.4 Å². The van der Waals surface area contributed by atoms with E-state index < -0.39 is 0 Å². The van der Waals surface area contributed by atoms with Gasteiger partial charge >= 0.3 is 0 Å². The van der Waals surface area contributed by atoms with E-state index in [2.05, 4.69) is 203 Å². The topological polar surface area (TPSA) is 9.86 Å². The molecule has 0 spiro atoms. The number of benzene rings is 8. The number of hydrogen-bond acceptors (Lipinski definition) is 0. The molecule has 0 aliphatic carbocycles. The van der Waals surface area contributed by atoms with Crippen molar-refractivity contribution in [2.24, 2.45) is 0 Å². The molecule has 0 atom stereocenters. The lowest BCUT2D eigenvalue weighted by Gasteiger charge is -2.12. The smallest absolute Gasteiger partial charge is 0.0562 e. The minimum Gasteiger partial charge on any atom is -0.309 e. The van der Waals surface area contributed by atoms with Gasteiger partial charge in [0.1, 0.15) is 0 Å². The summed E-state index contributed by atoms with van der Waals surface area (Å²) < 4.78 is 4.86. The molecule has 0 aliphatic rings. The second-order valence-electron chi connectivity index (χ2n) is 13.0. The van der Waals surface area contributed by atoms with E-state index in [1.54, 1.807) is 0 Å². The third-order valence-electron chi connectivity index (χ3n) is 10.1. The normalized spacial score (nSPS) is 11.6. The van der Waals surface area contributed by atoms with Crippen LogP contribution in [0.4, 0.5) is 0 Å². The van der Waals surface area contributed by atoms with Crippen molar-refractivity contribution >= 4 is 43.6 Å². The first-order chi connectivity index (χ1) is 24.8. The quantitative estimate of drug-likeness (QED) is 0.178. The highest BCUT2D eigenvalue weighted by atomic mass is 15.0. The molecule has 2 heteroatoms. The monoisotopic (exact) mass is 636 g/mol. The van der Waals surface area contributed by atoms with Crippen molar-refractivity contribution in [1.82, 2.24) is 9.13 Å². The first-order valence-electron chi connectivity index (χ1n) is 17.2. The molecule has 0 saturated carbocycles. The zero-order valence-electron chi connectivity index (χ0n) is 27.4. The minimum atomic E-state index is 1.15. The van der Waals surface area contributed by atoms with E-state index in [0.29, 0.717) is 0 Å². The molecule has 234 valence electrons. The van der Waals surface area contributed by atoms with Gasteiger partial charge in [-0.3, -0.25) is 0 Å². The molecule has 0 saturated heterocycles. The number of para-hydroxylation sites is 2. The van der Waals surface area contributed by atoms with E-state index in [1.165, 1.54) is 77.0 Å². The molecule has 8 aromatic carbocycles. The van der Waals surface area contributed by atoms with Gasteiger partial charge < -0.3 is 9.13 Å². The van der Waals surface area contributed by atoms with Crippen LogP contribution >= 0.6 is 0 Å². The number of fused-ring (bicyclic) bond motifs is 6. The van der Waals surface area contributed by atoms with E-state index >= 15 is 0 Å². The molecule has 0 N–H and O–H groups in total. The van der Waals surface area contributed by atoms with Crippen molar-refractivity contribution in [3.8, 4) is 44.8 Å². The fraction of sp³-hybridized carbons (Fsp3) is 0. The molecule has 2 aromatic heterocycles. The third kappa shape index (κ3) is 4.57. The number of hydrogen-bond donors (Lipinski definition) is 0. The lowest BCUT2D eigenvalue weighted by molar-refractivity contribution is 1.16. The zero-order chi connectivity index (χ0) is 33.0. The van der Waals surface area contributed by atoms with Crippen LogP contribution in [-0.4, -0.2) is 9.13 Å². The van der Waals surface area contributed by atoms with Crippen molar-refractivity contribution in [1.29, 1.82) is 0 Å². The van der Waals surface area contributed by atoms with Gasteiger partial charge in [-0.15, -0.1) is 0 Å². The second kappa shape index (κ2) is 11.5. The molecular formula is C48H32N2. The van der Waals surface area contributed by atoms with Crippen molar-refractivity contribution in [3.05, 3.63) is 194 Å². The number of rotatable bonds is 5.